The van der Waals surface area contributed by atoms with Crippen LogP contribution in [0.4, 0.5) is 10.5 Å². The van der Waals surface area contributed by atoms with E-state index in [1.54, 1.807) is 0 Å². The largest absolute Gasteiger partial charge is 0.363 e. The molecule has 0 atom stereocenters. The summed E-state index contributed by atoms with van der Waals surface area (Å²) in [5.74, 6) is 0.316. The van der Waals surface area contributed by atoms with Crippen LogP contribution in [-0.2, 0) is 10.3 Å². The van der Waals surface area contributed by atoms with Gasteiger partial charge in [0.05, 0.1) is 0 Å². The molecule has 0 aliphatic carbocycles. The molecule has 0 aliphatic rings. The lowest BCUT2D eigenvalue weighted by Gasteiger charge is -2.24. The van der Waals surface area contributed by atoms with Gasteiger partial charge in [-0.2, -0.15) is 12.7 Å². The standard InChI is InChI=1S/C23H40N2O4S/c1-6-7-8-9-10-11-12-13-17-25(30(27,28)29)23(26)24-22-20(18(2)3)15-14-16-21(22)19(4)5/h14-16,18-19H,6-13,17H2,1-5H3,(H,24,26)(H,27,28,29). The van der Waals surface area contributed by atoms with Crippen molar-refractivity contribution in [2.45, 2.75) is 97.8 Å². The van der Waals surface area contributed by atoms with E-state index in [1.807, 2.05) is 45.9 Å². The Bertz CT molecular complexity index is 734. The molecule has 0 saturated carbocycles. The number of amides is 2. The summed E-state index contributed by atoms with van der Waals surface area (Å²) in [5, 5.41) is 2.77. The molecule has 30 heavy (non-hydrogen) atoms. The summed E-state index contributed by atoms with van der Waals surface area (Å²) in [6.07, 6.45) is 8.32. The number of rotatable bonds is 13. The zero-order valence-electron chi connectivity index (χ0n) is 19.3. The molecular weight excluding hydrogens is 400 g/mol. The molecule has 7 heteroatoms. The van der Waals surface area contributed by atoms with E-state index in [-0.39, 0.29) is 18.4 Å². The minimum atomic E-state index is -4.63. The van der Waals surface area contributed by atoms with Crippen LogP contribution in [0.5, 0.6) is 0 Å². The number of benzene rings is 1. The lowest BCUT2D eigenvalue weighted by atomic mass is 9.93. The Morgan fingerprint density at radius 1 is 0.933 bits per heavy atom. The van der Waals surface area contributed by atoms with E-state index in [2.05, 4.69) is 12.2 Å². The lowest BCUT2D eigenvalue weighted by Crippen LogP contribution is -2.40. The Balaban J connectivity index is 2.82. The lowest BCUT2D eigenvalue weighted by molar-refractivity contribution is 0.231. The van der Waals surface area contributed by atoms with Crippen molar-refractivity contribution < 1.29 is 17.8 Å². The molecule has 1 rings (SSSR count). The van der Waals surface area contributed by atoms with Gasteiger partial charge < -0.3 is 5.32 Å². The quantitative estimate of drug-likeness (QED) is 0.263. The Morgan fingerprint density at radius 2 is 1.40 bits per heavy atom. The Hall–Kier alpha value is -1.60. The van der Waals surface area contributed by atoms with Crippen LogP contribution >= 0.6 is 0 Å². The van der Waals surface area contributed by atoms with E-state index in [0.717, 1.165) is 30.4 Å². The van der Waals surface area contributed by atoms with Crippen molar-refractivity contribution in [3.63, 3.8) is 0 Å². The molecular formula is C23H40N2O4S. The van der Waals surface area contributed by atoms with Gasteiger partial charge in [0, 0.05) is 12.2 Å². The molecule has 2 amide bonds. The first-order chi connectivity index (χ1) is 14.1. The fourth-order valence-electron chi connectivity index (χ4n) is 3.58. The van der Waals surface area contributed by atoms with Crippen LogP contribution in [-0.4, -0.2) is 29.9 Å². The first-order valence-electron chi connectivity index (χ1n) is 11.3. The number of urea groups is 1. The van der Waals surface area contributed by atoms with Crippen molar-refractivity contribution in [1.29, 1.82) is 0 Å². The van der Waals surface area contributed by atoms with Crippen molar-refractivity contribution in [3.05, 3.63) is 29.3 Å². The topological polar surface area (TPSA) is 86.7 Å². The number of unbranched alkanes of at least 4 members (excludes halogenated alkanes) is 7. The molecule has 2 N–H and O–H groups in total. The van der Waals surface area contributed by atoms with Gasteiger partial charge in [0.2, 0.25) is 0 Å². The van der Waals surface area contributed by atoms with Crippen LogP contribution in [0.3, 0.4) is 0 Å². The van der Waals surface area contributed by atoms with Gasteiger partial charge in [0.25, 0.3) is 0 Å². The summed E-state index contributed by atoms with van der Waals surface area (Å²) in [7, 11) is -4.63. The highest BCUT2D eigenvalue weighted by Gasteiger charge is 2.27. The zero-order chi connectivity index (χ0) is 22.7. The van der Waals surface area contributed by atoms with Crippen LogP contribution in [0.25, 0.3) is 0 Å². The second-order valence-corrected chi connectivity index (χ2v) is 9.91. The van der Waals surface area contributed by atoms with Crippen molar-refractivity contribution in [3.8, 4) is 0 Å². The summed E-state index contributed by atoms with van der Waals surface area (Å²) in [4.78, 5) is 12.8. The van der Waals surface area contributed by atoms with Crippen LogP contribution in [0.15, 0.2) is 18.2 Å². The van der Waals surface area contributed by atoms with Gasteiger partial charge in [-0.25, -0.2) is 4.79 Å². The smallest absolute Gasteiger partial charge is 0.306 e. The fourth-order valence-corrected chi connectivity index (χ4v) is 4.19. The van der Waals surface area contributed by atoms with Gasteiger partial charge in [-0.05, 0) is 29.4 Å². The Labute approximate surface area is 183 Å². The monoisotopic (exact) mass is 440 g/mol. The Morgan fingerprint density at radius 3 is 1.83 bits per heavy atom. The molecule has 0 radical (unpaired) electrons. The first kappa shape index (κ1) is 26.4. The van der Waals surface area contributed by atoms with Crippen LogP contribution < -0.4 is 5.32 Å². The van der Waals surface area contributed by atoms with Gasteiger partial charge in [0.1, 0.15) is 0 Å². The first-order valence-corrected chi connectivity index (χ1v) is 12.7. The van der Waals surface area contributed by atoms with E-state index in [0.29, 0.717) is 16.4 Å². The average molecular weight is 441 g/mol. The summed E-state index contributed by atoms with van der Waals surface area (Å²) < 4.78 is 33.9. The number of carbonyl (C=O) groups excluding carboxylic acids is 1. The number of hydrogen-bond acceptors (Lipinski definition) is 3. The third-order valence-corrected chi connectivity index (χ3v) is 6.23. The molecule has 0 heterocycles. The van der Waals surface area contributed by atoms with Gasteiger partial charge in [-0.3, -0.25) is 4.55 Å². The highest BCUT2D eigenvalue weighted by molar-refractivity contribution is 7.84. The molecule has 0 saturated heterocycles. The van der Waals surface area contributed by atoms with Crippen molar-refractivity contribution in [1.82, 2.24) is 4.31 Å². The second kappa shape index (κ2) is 13.0. The maximum Gasteiger partial charge on any atom is 0.363 e. The fraction of sp³-hybridized carbons (Fsp3) is 0.696. The molecule has 0 unspecified atom stereocenters. The highest BCUT2D eigenvalue weighted by Crippen LogP contribution is 2.32. The molecule has 172 valence electrons. The second-order valence-electron chi connectivity index (χ2n) is 8.58. The SMILES string of the molecule is CCCCCCCCCCN(C(=O)Nc1c(C(C)C)cccc1C(C)C)S(=O)(=O)O. The van der Waals surface area contributed by atoms with E-state index in [4.69, 9.17) is 0 Å². The summed E-state index contributed by atoms with van der Waals surface area (Å²) >= 11 is 0. The minimum absolute atomic E-state index is 0.0273. The number of carbonyl (C=O) groups is 1. The van der Waals surface area contributed by atoms with Crippen LogP contribution in [0.1, 0.15) is 109 Å². The molecule has 6 nitrogen and oxygen atoms in total. The molecule has 1 aromatic carbocycles. The average Bonchev–Trinajstić information content (AvgIpc) is 2.65. The number of nitrogens with one attached hydrogen (secondary N) is 1. The Kier molecular flexibility index (Phi) is 11.4. The molecule has 0 bridgehead atoms. The zero-order valence-corrected chi connectivity index (χ0v) is 20.1. The van der Waals surface area contributed by atoms with Gasteiger partial charge >= 0.3 is 16.3 Å². The molecule has 0 aliphatic heterocycles. The van der Waals surface area contributed by atoms with Crippen molar-refractivity contribution >= 4 is 22.0 Å². The number of para-hydroxylation sites is 1. The maximum absolute atomic E-state index is 12.8. The van der Waals surface area contributed by atoms with Gasteiger partial charge in [-0.15, -0.1) is 0 Å². The third-order valence-electron chi connectivity index (χ3n) is 5.32. The number of anilines is 1. The predicted molar refractivity (Wildman–Crippen MR) is 125 cm³/mol. The van der Waals surface area contributed by atoms with E-state index < -0.39 is 16.3 Å². The van der Waals surface area contributed by atoms with Crippen molar-refractivity contribution in [2.75, 3.05) is 11.9 Å². The van der Waals surface area contributed by atoms with Gasteiger partial charge in [-0.1, -0.05) is 97.8 Å². The van der Waals surface area contributed by atoms with E-state index in [9.17, 15) is 17.8 Å². The third kappa shape index (κ3) is 8.64. The predicted octanol–water partition coefficient (Wildman–Crippen LogP) is 6.71. The molecule has 1 aromatic rings. The van der Waals surface area contributed by atoms with Crippen LogP contribution in [0.2, 0.25) is 0 Å². The highest BCUT2D eigenvalue weighted by atomic mass is 32.2. The normalized spacial score (nSPS) is 11.9. The van der Waals surface area contributed by atoms with E-state index >= 15 is 0 Å². The molecule has 0 aromatic heterocycles. The summed E-state index contributed by atoms with van der Waals surface area (Å²) in [6.45, 7) is 10.2. The summed E-state index contributed by atoms with van der Waals surface area (Å²) in [5.41, 5.74) is 2.52. The van der Waals surface area contributed by atoms with Crippen LogP contribution in [0, 0.1) is 0 Å². The summed E-state index contributed by atoms with van der Waals surface area (Å²) in [6, 6.07) is 5.00. The number of hydrogen-bond donors (Lipinski definition) is 2. The number of nitrogens with zero attached hydrogens (tertiary/aromatic N) is 1. The maximum atomic E-state index is 12.8. The molecule has 0 spiro atoms. The molecule has 0 fully saturated rings. The van der Waals surface area contributed by atoms with Crippen molar-refractivity contribution in [2.24, 2.45) is 0 Å². The van der Waals surface area contributed by atoms with Gasteiger partial charge in [0.15, 0.2) is 0 Å². The minimum Gasteiger partial charge on any atom is -0.306 e. The van der Waals surface area contributed by atoms with E-state index in [1.165, 1.54) is 25.7 Å².